The van der Waals surface area contributed by atoms with Gasteiger partial charge in [0.05, 0.1) is 18.7 Å². The number of nitriles is 1. The molecule has 1 aromatic rings. The lowest BCUT2D eigenvalue weighted by molar-refractivity contribution is 0.222. The summed E-state index contributed by atoms with van der Waals surface area (Å²) in [6.45, 7) is 1.85. The fraction of sp³-hybridized carbons (Fsp3) is 0.417. The van der Waals surface area contributed by atoms with Crippen molar-refractivity contribution in [2.75, 3.05) is 20.2 Å². The Morgan fingerprint density at radius 2 is 2.19 bits per heavy atom. The second-order valence-electron chi connectivity index (χ2n) is 3.74. The molecular weight excluding hydrogens is 204 g/mol. The van der Waals surface area contributed by atoms with Gasteiger partial charge < -0.3 is 14.8 Å². The molecule has 0 bridgehead atoms. The molecule has 16 heavy (non-hydrogen) atoms. The van der Waals surface area contributed by atoms with E-state index in [1.807, 2.05) is 0 Å². The van der Waals surface area contributed by atoms with Gasteiger partial charge >= 0.3 is 0 Å². The number of nitrogens with zero attached hydrogens (tertiary/aromatic N) is 1. The van der Waals surface area contributed by atoms with Crippen molar-refractivity contribution in [3.63, 3.8) is 0 Å². The third-order valence-corrected chi connectivity index (χ3v) is 2.56. The Hall–Kier alpha value is -1.73. The molecule has 0 spiro atoms. The highest BCUT2D eigenvalue weighted by molar-refractivity contribution is 5.43. The Morgan fingerprint density at radius 1 is 1.38 bits per heavy atom. The van der Waals surface area contributed by atoms with E-state index >= 15 is 0 Å². The van der Waals surface area contributed by atoms with Gasteiger partial charge in [-0.05, 0) is 25.1 Å². The molecule has 0 amide bonds. The number of methoxy groups -OCH3 is 1. The third-order valence-electron chi connectivity index (χ3n) is 2.56. The van der Waals surface area contributed by atoms with E-state index in [0.717, 1.165) is 19.5 Å². The van der Waals surface area contributed by atoms with E-state index in [9.17, 15) is 0 Å². The zero-order valence-electron chi connectivity index (χ0n) is 9.19. The van der Waals surface area contributed by atoms with E-state index in [4.69, 9.17) is 14.7 Å². The van der Waals surface area contributed by atoms with E-state index in [1.54, 1.807) is 25.3 Å². The largest absolute Gasteiger partial charge is 0.497 e. The van der Waals surface area contributed by atoms with Crippen molar-refractivity contribution in [2.24, 2.45) is 0 Å². The van der Waals surface area contributed by atoms with Crippen molar-refractivity contribution in [1.29, 1.82) is 5.26 Å². The zero-order valence-corrected chi connectivity index (χ0v) is 9.19. The third kappa shape index (κ3) is 2.44. The van der Waals surface area contributed by atoms with Crippen LogP contribution in [0.5, 0.6) is 11.5 Å². The summed E-state index contributed by atoms with van der Waals surface area (Å²) < 4.78 is 10.9. The Labute approximate surface area is 94.8 Å². The fourth-order valence-corrected chi connectivity index (χ4v) is 1.74. The maximum absolute atomic E-state index is 8.87. The molecule has 2 rings (SSSR count). The molecular formula is C12H14N2O2. The Bertz CT molecular complexity index is 406. The molecule has 1 unspecified atom stereocenters. The number of hydrogen-bond acceptors (Lipinski definition) is 4. The molecule has 0 saturated carbocycles. The van der Waals surface area contributed by atoms with Crippen LogP contribution in [0.25, 0.3) is 0 Å². The summed E-state index contributed by atoms with van der Waals surface area (Å²) >= 11 is 0. The maximum Gasteiger partial charge on any atom is 0.124 e. The maximum atomic E-state index is 8.87. The lowest BCUT2D eigenvalue weighted by Gasteiger charge is -2.13. The van der Waals surface area contributed by atoms with Gasteiger partial charge in [0.1, 0.15) is 17.6 Å². The summed E-state index contributed by atoms with van der Waals surface area (Å²) in [6, 6.07) is 7.33. The van der Waals surface area contributed by atoms with Crippen LogP contribution in [0.4, 0.5) is 0 Å². The molecule has 84 valence electrons. The van der Waals surface area contributed by atoms with E-state index < -0.39 is 0 Å². The van der Waals surface area contributed by atoms with Gasteiger partial charge in [0.25, 0.3) is 0 Å². The van der Waals surface area contributed by atoms with Gasteiger partial charge in [-0.3, -0.25) is 0 Å². The van der Waals surface area contributed by atoms with Gasteiger partial charge in [-0.1, -0.05) is 0 Å². The molecule has 0 aliphatic carbocycles. The standard InChI is InChI=1S/C12H14N2O2/c1-15-11-4-9(7-13)5-12(6-11)16-10-2-3-14-8-10/h4-6,10,14H,2-3,8H2,1H3. The first kappa shape index (κ1) is 10.8. The molecule has 1 saturated heterocycles. The van der Waals surface area contributed by atoms with Gasteiger partial charge in [0, 0.05) is 12.6 Å². The molecule has 1 aromatic carbocycles. The number of nitrogens with one attached hydrogen (secondary N) is 1. The highest BCUT2D eigenvalue weighted by atomic mass is 16.5. The van der Waals surface area contributed by atoms with Crippen LogP contribution < -0.4 is 14.8 Å². The Kier molecular flexibility index (Phi) is 3.28. The topological polar surface area (TPSA) is 54.3 Å². The van der Waals surface area contributed by atoms with Crippen LogP contribution in [-0.4, -0.2) is 26.3 Å². The molecule has 1 atom stereocenters. The van der Waals surface area contributed by atoms with Crippen molar-refractivity contribution in [3.05, 3.63) is 23.8 Å². The van der Waals surface area contributed by atoms with Gasteiger partial charge in [0.2, 0.25) is 0 Å². The van der Waals surface area contributed by atoms with Crippen molar-refractivity contribution >= 4 is 0 Å². The van der Waals surface area contributed by atoms with Crippen LogP contribution in [0.15, 0.2) is 18.2 Å². The van der Waals surface area contributed by atoms with Crippen LogP contribution >= 0.6 is 0 Å². The van der Waals surface area contributed by atoms with Crippen LogP contribution in [0.3, 0.4) is 0 Å². The van der Waals surface area contributed by atoms with Crippen molar-refractivity contribution < 1.29 is 9.47 Å². The summed E-state index contributed by atoms with van der Waals surface area (Å²) in [7, 11) is 1.58. The summed E-state index contributed by atoms with van der Waals surface area (Å²) in [6.07, 6.45) is 1.19. The van der Waals surface area contributed by atoms with Crippen LogP contribution in [-0.2, 0) is 0 Å². The lowest BCUT2D eigenvalue weighted by Crippen LogP contribution is -2.19. The van der Waals surface area contributed by atoms with Gasteiger partial charge in [-0.2, -0.15) is 5.26 Å². The van der Waals surface area contributed by atoms with Crippen LogP contribution in [0.2, 0.25) is 0 Å². The summed E-state index contributed by atoms with van der Waals surface area (Å²) in [4.78, 5) is 0. The molecule has 4 heteroatoms. The molecule has 1 N–H and O–H groups in total. The first-order chi connectivity index (χ1) is 7.81. The van der Waals surface area contributed by atoms with Gasteiger partial charge in [0.15, 0.2) is 0 Å². The number of benzene rings is 1. The van der Waals surface area contributed by atoms with Crippen molar-refractivity contribution in [1.82, 2.24) is 5.32 Å². The quantitative estimate of drug-likeness (QED) is 0.831. The number of ether oxygens (including phenoxy) is 2. The Balaban J connectivity index is 2.16. The Morgan fingerprint density at radius 3 is 2.81 bits per heavy atom. The normalized spacial score (nSPS) is 19.1. The minimum absolute atomic E-state index is 0.193. The smallest absolute Gasteiger partial charge is 0.124 e. The zero-order chi connectivity index (χ0) is 11.4. The minimum Gasteiger partial charge on any atom is -0.497 e. The second-order valence-corrected chi connectivity index (χ2v) is 3.74. The van der Waals surface area contributed by atoms with E-state index in [1.165, 1.54) is 0 Å². The van der Waals surface area contributed by atoms with Crippen LogP contribution in [0.1, 0.15) is 12.0 Å². The van der Waals surface area contributed by atoms with Gasteiger partial charge in [-0.15, -0.1) is 0 Å². The molecule has 0 radical (unpaired) electrons. The van der Waals surface area contributed by atoms with Crippen LogP contribution in [0, 0.1) is 11.3 Å². The van der Waals surface area contributed by atoms with Crippen molar-refractivity contribution in [3.8, 4) is 17.6 Å². The van der Waals surface area contributed by atoms with E-state index in [0.29, 0.717) is 17.1 Å². The molecule has 0 aromatic heterocycles. The predicted octanol–water partition coefficient (Wildman–Crippen LogP) is 1.31. The van der Waals surface area contributed by atoms with Gasteiger partial charge in [-0.25, -0.2) is 0 Å². The summed E-state index contributed by atoms with van der Waals surface area (Å²) in [5.41, 5.74) is 0.556. The average molecular weight is 218 g/mol. The fourth-order valence-electron chi connectivity index (χ4n) is 1.74. The number of hydrogen-bond donors (Lipinski definition) is 1. The molecule has 1 heterocycles. The highest BCUT2D eigenvalue weighted by Crippen LogP contribution is 2.24. The summed E-state index contributed by atoms with van der Waals surface area (Å²) in [5, 5.41) is 12.1. The highest BCUT2D eigenvalue weighted by Gasteiger charge is 2.16. The first-order valence-corrected chi connectivity index (χ1v) is 5.28. The predicted molar refractivity (Wildman–Crippen MR) is 59.6 cm³/mol. The van der Waals surface area contributed by atoms with E-state index in [-0.39, 0.29) is 6.10 Å². The molecule has 1 fully saturated rings. The first-order valence-electron chi connectivity index (χ1n) is 5.28. The van der Waals surface area contributed by atoms with Crippen molar-refractivity contribution in [2.45, 2.75) is 12.5 Å². The molecule has 1 aliphatic heterocycles. The van der Waals surface area contributed by atoms with E-state index in [2.05, 4.69) is 11.4 Å². The SMILES string of the molecule is COc1cc(C#N)cc(OC2CCNC2)c1. The minimum atomic E-state index is 0.193. The summed E-state index contributed by atoms with van der Waals surface area (Å²) in [5.74, 6) is 1.35. The molecule has 4 nitrogen and oxygen atoms in total. The monoisotopic (exact) mass is 218 g/mol. The average Bonchev–Trinajstić information content (AvgIpc) is 2.81. The number of rotatable bonds is 3. The lowest BCUT2D eigenvalue weighted by atomic mass is 10.2. The second kappa shape index (κ2) is 4.86. The molecule has 1 aliphatic rings.